The Morgan fingerprint density at radius 2 is 1.83 bits per heavy atom. The number of carbonyl (C=O) groups excluding carboxylic acids is 2. The van der Waals surface area contributed by atoms with Crippen molar-refractivity contribution in [1.82, 2.24) is 9.80 Å². The number of hydrogen-bond acceptors (Lipinski definition) is 6. The summed E-state index contributed by atoms with van der Waals surface area (Å²) >= 11 is 6.10. The molecule has 2 aliphatic rings. The van der Waals surface area contributed by atoms with Crippen LogP contribution in [0.5, 0.6) is 5.75 Å². The lowest BCUT2D eigenvalue weighted by atomic mass is 9.94. The van der Waals surface area contributed by atoms with Gasteiger partial charge in [-0.15, -0.1) is 0 Å². The second kappa shape index (κ2) is 11.2. The zero-order valence-electron chi connectivity index (χ0n) is 20.1. The van der Waals surface area contributed by atoms with Gasteiger partial charge in [-0.25, -0.2) is 0 Å². The molecule has 0 saturated carbocycles. The largest absolute Gasteiger partial charge is 0.507 e. The highest BCUT2D eigenvalue weighted by molar-refractivity contribution is 6.46. The Morgan fingerprint density at radius 1 is 1.11 bits per heavy atom. The third kappa shape index (κ3) is 5.53. The van der Waals surface area contributed by atoms with E-state index in [9.17, 15) is 14.7 Å². The average Bonchev–Trinajstić information content (AvgIpc) is 3.10. The van der Waals surface area contributed by atoms with Crippen molar-refractivity contribution in [3.63, 3.8) is 0 Å². The van der Waals surface area contributed by atoms with E-state index in [0.717, 1.165) is 30.8 Å². The fourth-order valence-corrected chi connectivity index (χ4v) is 4.82. The number of rotatable bonds is 8. The molecule has 2 aliphatic heterocycles. The van der Waals surface area contributed by atoms with Crippen molar-refractivity contribution in [2.45, 2.75) is 26.3 Å². The van der Waals surface area contributed by atoms with E-state index in [4.69, 9.17) is 21.1 Å². The molecule has 4 rings (SSSR count). The molecule has 2 heterocycles. The minimum atomic E-state index is -0.692. The normalized spacial score (nSPS) is 20.4. The van der Waals surface area contributed by atoms with Crippen molar-refractivity contribution in [3.05, 3.63) is 69.8 Å². The molecular formula is C27H31ClN2O5. The van der Waals surface area contributed by atoms with Crippen LogP contribution in [0.3, 0.4) is 0 Å². The first kappa shape index (κ1) is 25.2. The minimum Gasteiger partial charge on any atom is -0.507 e. The number of likely N-dealkylation sites (tertiary alicyclic amines) is 1. The number of ether oxygens (including phenoxy) is 2. The number of morpholine rings is 1. The molecular weight excluding hydrogens is 468 g/mol. The lowest BCUT2D eigenvalue weighted by Crippen LogP contribution is -2.38. The smallest absolute Gasteiger partial charge is 0.295 e. The van der Waals surface area contributed by atoms with Crippen molar-refractivity contribution in [2.75, 3.05) is 46.0 Å². The molecule has 2 aromatic carbocycles. The molecule has 1 unspecified atom stereocenters. The Morgan fingerprint density at radius 3 is 2.49 bits per heavy atom. The third-order valence-electron chi connectivity index (χ3n) is 6.47. The Balaban J connectivity index is 1.68. The lowest BCUT2D eigenvalue weighted by Gasteiger charge is -2.29. The summed E-state index contributed by atoms with van der Waals surface area (Å²) in [5, 5.41) is 11.9. The summed E-state index contributed by atoms with van der Waals surface area (Å²) in [5.74, 6) is -0.780. The molecule has 2 fully saturated rings. The summed E-state index contributed by atoms with van der Waals surface area (Å²) in [5.41, 5.74) is 2.07. The van der Waals surface area contributed by atoms with E-state index >= 15 is 0 Å². The lowest BCUT2D eigenvalue weighted by molar-refractivity contribution is -0.140. The zero-order valence-corrected chi connectivity index (χ0v) is 20.9. The molecule has 186 valence electrons. The molecule has 8 heteroatoms. The van der Waals surface area contributed by atoms with Gasteiger partial charge in [0.2, 0.25) is 0 Å². The number of hydrogen-bond donors (Lipinski definition) is 1. The molecule has 0 aliphatic carbocycles. The summed E-state index contributed by atoms with van der Waals surface area (Å²) < 4.78 is 11.0. The maximum absolute atomic E-state index is 13.2. The number of nitrogens with zero attached hydrogens (tertiary/aromatic N) is 2. The predicted molar refractivity (Wildman–Crippen MR) is 135 cm³/mol. The summed E-state index contributed by atoms with van der Waals surface area (Å²) in [7, 11) is 0. The number of aliphatic hydroxyl groups excluding tert-OH is 1. The van der Waals surface area contributed by atoms with E-state index in [2.05, 4.69) is 4.90 Å². The van der Waals surface area contributed by atoms with Crippen LogP contribution in [-0.4, -0.2) is 72.6 Å². The Labute approximate surface area is 210 Å². The van der Waals surface area contributed by atoms with Crippen LogP contribution < -0.4 is 4.74 Å². The highest BCUT2D eigenvalue weighted by Crippen LogP contribution is 2.40. The van der Waals surface area contributed by atoms with Crippen molar-refractivity contribution in [2.24, 2.45) is 0 Å². The van der Waals surface area contributed by atoms with Gasteiger partial charge in [0.05, 0.1) is 31.4 Å². The van der Waals surface area contributed by atoms with Crippen LogP contribution in [0, 0.1) is 6.92 Å². The minimum absolute atomic E-state index is 0.0935. The van der Waals surface area contributed by atoms with Crippen LogP contribution >= 0.6 is 11.6 Å². The van der Waals surface area contributed by atoms with E-state index in [1.807, 2.05) is 19.9 Å². The Hall–Kier alpha value is -2.87. The number of ketones is 1. The maximum atomic E-state index is 13.2. The fraction of sp³-hybridized carbons (Fsp3) is 0.407. The molecule has 0 aromatic heterocycles. The van der Waals surface area contributed by atoms with E-state index in [-0.39, 0.29) is 11.3 Å². The van der Waals surface area contributed by atoms with Gasteiger partial charge < -0.3 is 19.5 Å². The second-order valence-electron chi connectivity index (χ2n) is 8.76. The van der Waals surface area contributed by atoms with Gasteiger partial charge in [0.1, 0.15) is 11.5 Å². The van der Waals surface area contributed by atoms with Crippen LogP contribution in [0.1, 0.15) is 36.1 Å². The molecule has 35 heavy (non-hydrogen) atoms. The van der Waals surface area contributed by atoms with Crippen molar-refractivity contribution >= 4 is 29.1 Å². The molecule has 0 bridgehead atoms. The quantitative estimate of drug-likeness (QED) is 0.334. The molecule has 2 aromatic rings. The molecule has 1 N–H and O–H groups in total. The number of carbonyl (C=O) groups is 2. The van der Waals surface area contributed by atoms with Gasteiger partial charge in [-0.05, 0) is 61.7 Å². The maximum Gasteiger partial charge on any atom is 0.295 e. The van der Waals surface area contributed by atoms with Crippen LogP contribution in [0.25, 0.3) is 5.76 Å². The number of aliphatic hydroxyl groups is 1. The van der Waals surface area contributed by atoms with E-state index < -0.39 is 17.7 Å². The van der Waals surface area contributed by atoms with Gasteiger partial charge in [-0.3, -0.25) is 14.5 Å². The van der Waals surface area contributed by atoms with Gasteiger partial charge in [-0.2, -0.15) is 0 Å². The van der Waals surface area contributed by atoms with E-state index in [1.54, 1.807) is 41.3 Å². The van der Waals surface area contributed by atoms with E-state index in [0.29, 0.717) is 49.1 Å². The van der Waals surface area contributed by atoms with Gasteiger partial charge in [0.25, 0.3) is 11.7 Å². The number of amides is 1. The SMILES string of the molecule is CCOc1ccc(C(O)=C2C(=O)C(=O)N(CCCN3CCOCC3)C2c2ccc(Cl)cc2)c(C)c1. The predicted octanol–water partition coefficient (Wildman–Crippen LogP) is 4.19. The first-order valence-corrected chi connectivity index (χ1v) is 12.4. The Kier molecular flexibility index (Phi) is 8.11. The summed E-state index contributed by atoms with van der Waals surface area (Å²) in [6.07, 6.45) is 0.708. The molecule has 0 spiro atoms. The number of aryl methyl sites for hydroxylation is 1. The second-order valence-corrected chi connectivity index (χ2v) is 9.20. The van der Waals surface area contributed by atoms with Crippen LogP contribution in [0.2, 0.25) is 5.02 Å². The molecule has 7 nitrogen and oxygen atoms in total. The standard InChI is InChI=1S/C27H31ClN2O5/c1-3-35-21-9-10-22(18(2)17-21)25(31)23-24(19-5-7-20(28)8-6-19)30(27(33)26(23)32)12-4-11-29-13-15-34-16-14-29/h5-10,17,24,31H,3-4,11-16H2,1-2H3. The molecule has 1 atom stereocenters. The van der Waals surface area contributed by atoms with Gasteiger partial charge in [0, 0.05) is 36.8 Å². The van der Waals surface area contributed by atoms with Gasteiger partial charge in [0.15, 0.2) is 0 Å². The summed E-state index contributed by atoms with van der Waals surface area (Å²) in [6.45, 7) is 8.59. The van der Waals surface area contributed by atoms with Crippen LogP contribution in [-0.2, 0) is 14.3 Å². The Bertz CT molecular complexity index is 1110. The van der Waals surface area contributed by atoms with Gasteiger partial charge in [-0.1, -0.05) is 23.7 Å². The van der Waals surface area contributed by atoms with Crippen LogP contribution in [0.4, 0.5) is 0 Å². The fourth-order valence-electron chi connectivity index (χ4n) is 4.70. The monoisotopic (exact) mass is 498 g/mol. The van der Waals surface area contributed by atoms with Crippen molar-refractivity contribution < 1.29 is 24.2 Å². The molecule has 2 saturated heterocycles. The highest BCUT2D eigenvalue weighted by Gasteiger charge is 2.46. The third-order valence-corrected chi connectivity index (χ3v) is 6.72. The first-order valence-electron chi connectivity index (χ1n) is 12.0. The average molecular weight is 499 g/mol. The van der Waals surface area contributed by atoms with Crippen molar-refractivity contribution in [1.29, 1.82) is 0 Å². The summed E-state index contributed by atoms with van der Waals surface area (Å²) in [4.78, 5) is 30.3. The van der Waals surface area contributed by atoms with Gasteiger partial charge >= 0.3 is 0 Å². The number of Topliss-reactive ketones (excluding diaryl/α,β-unsaturated/α-hetero) is 1. The molecule has 1 amide bonds. The summed E-state index contributed by atoms with van der Waals surface area (Å²) in [6, 6.07) is 11.6. The van der Waals surface area contributed by atoms with E-state index in [1.165, 1.54) is 0 Å². The van der Waals surface area contributed by atoms with Crippen molar-refractivity contribution in [3.8, 4) is 5.75 Å². The number of benzene rings is 2. The number of halogens is 1. The molecule has 0 radical (unpaired) electrons. The first-order chi connectivity index (χ1) is 16.9. The zero-order chi connectivity index (χ0) is 24.9. The highest BCUT2D eigenvalue weighted by atomic mass is 35.5. The topological polar surface area (TPSA) is 79.3 Å². The van der Waals surface area contributed by atoms with Crippen LogP contribution in [0.15, 0.2) is 48.0 Å².